The number of rotatable bonds is 2. The third-order valence-electron chi connectivity index (χ3n) is 3.78. The number of benzene rings is 1. The maximum atomic E-state index is 5.72. The van der Waals surface area contributed by atoms with Gasteiger partial charge < -0.3 is 10.2 Å². The molecule has 0 amide bonds. The van der Waals surface area contributed by atoms with Crippen LogP contribution in [0.15, 0.2) is 41.1 Å². The molecule has 7 nitrogen and oxygen atoms in total. The average Bonchev–Trinajstić information content (AvgIpc) is 3.01. The number of anilines is 1. The molecule has 4 rings (SSSR count). The Morgan fingerprint density at radius 2 is 1.83 bits per heavy atom. The van der Waals surface area contributed by atoms with Crippen LogP contribution in [0.2, 0.25) is 0 Å². The fourth-order valence-electron chi connectivity index (χ4n) is 2.60. The number of hydrogen-bond acceptors (Lipinski definition) is 7. The highest BCUT2D eigenvalue weighted by Gasteiger charge is 2.16. The summed E-state index contributed by atoms with van der Waals surface area (Å²) >= 11 is 0. The number of furan rings is 1. The Kier molecular flexibility index (Phi) is 3.19. The highest BCUT2D eigenvalue weighted by molar-refractivity contribution is 5.87. The summed E-state index contributed by atoms with van der Waals surface area (Å²) < 4.78 is 5.69. The van der Waals surface area contributed by atoms with Gasteiger partial charge in [0, 0.05) is 16.6 Å². The maximum Gasteiger partial charge on any atom is 0.240 e. The van der Waals surface area contributed by atoms with Gasteiger partial charge in [-0.3, -0.25) is 0 Å². The summed E-state index contributed by atoms with van der Waals surface area (Å²) in [6.07, 6.45) is 1.55. The van der Waals surface area contributed by atoms with E-state index in [0.29, 0.717) is 17.1 Å². The number of hydrogen-bond donors (Lipinski definition) is 1. The maximum absolute atomic E-state index is 5.72. The van der Waals surface area contributed by atoms with E-state index in [1.807, 2.05) is 44.2 Å². The molecule has 0 radical (unpaired) electrons. The molecule has 0 aliphatic heterocycles. The Morgan fingerprint density at radius 1 is 0.958 bits per heavy atom. The van der Waals surface area contributed by atoms with Gasteiger partial charge in [-0.25, -0.2) is 15.0 Å². The van der Waals surface area contributed by atoms with Crippen molar-refractivity contribution in [2.75, 3.05) is 5.73 Å². The summed E-state index contributed by atoms with van der Waals surface area (Å²) in [4.78, 5) is 12.8. The molecule has 0 bridgehead atoms. The number of nitrogen functional groups attached to an aromatic ring is 1. The van der Waals surface area contributed by atoms with Crippen LogP contribution >= 0.6 is 0 Å². The van der Waals surface area contributed by atoms with Gasteiger partial charge in [0.05, 0.1) is 5.52 Å². The largest absolute Gasteiger partial charge is 0.460 e. The van der Waals surface area contributed by atoms with Crippen molar-refractivity contribution in [3.8, 4) is 22.7 Å². The minimum atomic E-state index is 0.100. The van der Waals surface area contributed by atoms with Gasteiger partial charge in [0.1, 0.15) is 23.5 Å². The fraction of sp³-hybridized carbons (Fsp3) is 0.118. The fourth-order valence-corrected chi connectivity index (χ4v) is 2.60. The molecule has 24 heavy (non-hydrogen) atoms. The van der Waals surface area contributed by atoms with Crippen LogP contribution in [0, 0.1) is 13.8 Å². The first kappa shape index (κ1) is 14.3. The van der Waals surface area contributed by atoms with Gasteiger partial charge >= 0.3 is 0 Å². The molecule has 4 aromatic rings. The number of nitrogens with zero attached hydrogens (tertiary/aromatic N) is 5. The summed E-state index contributed by atoms with van der Waals surface area (Å²) in [6.45, 7) is 3.81. The van der Waals surface area contributed by atoms with Crippen molar-refractivity contribution >= 4 is 16.9 Å². The van der Waals surface area contributed by atoms with Crippen LogP contribution in [0.1, 0.15) is 11.5 Å². The zero-order valence-corrected chi connectivity index (χ0v) is 13.2. The lowest BCUT2D eigenvalue weighted by Crippen LogP contribution is -2.02. The predicted molar refractivity (Wildman–Crippen MR) is 89.9 cm³/mol. The normalized spacial score (nSPS) is 11.1. The van der Waals surface area contributed by atoms with Crippen molar-refractivity contribution in [2.45, 2.75) is 13.8 Å². The first-order valence-electron chi connectivity index (χ1n) is 7.40. The van der Waals surface area contributed by atoms with E-state index >= 15 is 0 Å². The molecule has 0 atom stereocenters. The smallest absolute Gasteiger partial charge is 0.240 e. The van der Waals surface area contributed by atoms with Crippen molar-refractivity contribution in [3.63, 3.8) is 0 Å². The molecule has 3 aromatic heterocycles. The molecule has 0 unspecified atom stereocenters. The van der Waals surface area contributed by atoms with Gasteiger partial charge in [-0.15, -0.1) is 10.2 Å². The van der Waals surface area contributed by atoms with Crippen LogP contribution in [-0.4, -0.2) is 25.1 Å². The van der Waals surface area contributed by atoms with Crippen molar-refractivity contribution in [1.82, 2.24) is 25.1 Å². The molecule has 0 fully saturated rings. The molecule has 118 valence electrons. The molecule has 0 aliphatic rings. The van der Waals surface area contributed by atoms with E-state index in [1.165, 1.54) is 0 Å². The second-order valence-electron chi connectivity index (χ2n) is 5.47. The number of aromatic nitrogens is 5. The van der Waals surface area contributed by atoms with Crippen LogP contribution in [0.3, 0.4) is 0 Å². The highest BCUT2D eigenvalue weighted by Crippen LogP contribution is 2.31. The molecule has 0 spiro atoms. The van der Waals surface area contributed by atoms with Crippen LogP contribution in [0.4, 0.5) is 5.95 Å². The van der Waals surface area contributed by atoms with Crippen LogP contribution in [-0.2, 0) is 0 Å². The van der Waals surface area contributed by atoms with Gasteiger partial charge in [0.15, 0.2) is 5.76 Å². The zero-order chi connectivity index (χ0) is 16.7. The molecule has 0 saturated heterocycles. The molecular formula is C17H14N6O. The van der Waals surface area contributed by atoms with Gasteiger partial charge in [-0.1, -0.05) is 6.07 Å². The Morgan fingerprint density at radius 3 is 2.62 bits per heavy atom. The van der Waals surface area contributed by atoms with E-state index in [0.717, 1.165) is 27.9 Å². The number of fused-ring (bicyclic) bond motifs is 1. The van der Waals surface area contributed by atoms with E-state index < -0.39 is 0 Å². The Balaban J connectivity index is 1.95. The lowest BCUT2D eigenvalue weighted by atomic mass is 10.0. The van der Waals surface area contributed by atoms with Gasteiger partial charge in [0.25, 0.3) is 0 Å². The molecule has 3 heterocycles. The molecule has 0 aliphatic carbocycles. The SMILES string of the molecule is Cc1ccc(-c2nc(N)nnc2-c2ccc3ncnc(C)c3c2)o1. The van der Waals surface area contributed by atoms with Crippen molar-refractivity contribution in [1.29, 1.82) is 0 Å². The Hall–Kier alpha value is -3.35. The summed E-state index contributed by atoms with van der Waals surface area (Å²) in [5.41, 5.74) is 9.50. The topological polar surface area (TPSA) is 104 Å². The predicted octanol–water partition coefficient (Wildman–Crippen LogP) is 2.94. The summed E-state index contributed by atoms with van der Waals surface area (Å²) in [5, 5.41) is 9.08. The van der Waals surface area contributed by atoms with Gasteiger partial charge in [0.2, 0.25) is 5.95 Å². The zero-order valence-electron chi connectivity index (χ0n) is 13.2. The van der Waals surface area contributed by atoms with Crippen molar-refractivity contribution in [3.05, 3.63) is 48.1 Å². The van der Waals surface area contributed by atoms with Crippen molar-refractivity contribution < 1.29 is 4.42 Å². The average molecular weight is 318 g/mol. The van der Waals surface area contributed by atoms with Gasteiger partial charge in [-0.05, 0) is 38.1 Å². The second-order valence-corrected chi connectivity index (χ2v) is 5.47. The van der Waals surface area contributed by atoms with Crippen LogP contribution in [0.25, 0.3) is 33.6 Å². The Bertz CT molecular complexity index is 1060. The van der Waals surface area contributed by atoms with E-state index in [1.54, 1.807) is 6.33 Å². The summed E-state index contributed by atoms with van der Waals surface area (Å²) in [5.74, 6) is 1.49. The number of aryl methyl sites for hydroxylation is 2. The molecule has 7 heteroatoms. The monoisotopic (exact) mass is 318 g/mol. The molecule has 2 N–H and O–H groups in total. The van der Waals surface area contributed by atoms with E-state index in [2.05, 4.69) is 25.1 Å². The summed E-state index contributed by atoms with van der Waals surface area (Å²) in [7, 11) is 0. The third-order valence-corrected chi connectivity index (χ3v) is 3.78. The quantitative estimate of drug-likeness (QED) is 0.606. The lowest BCUT2D eigenvalue weighted by Gasteiger charge is -2.07. The van der Waals surface area contributed by atoms with Crippen LogP contribution < -0.4 is 5.73 Å². The minimum absolute atomic E-state index is 0.100. The molecular weight excluding hydrogens is 304 g/mol. The Labute approximate surface area is 137 Å². The lowest BCUT2D eigenvalue weighted by molar-refractivity contribution is 0.546. The first-order valence-corrected chi connectivity index (χ1v) is 7.40. The van der Waals surface area contributed by atoms with E-state index in [-0.39, 0.29) is 5.95 Å². The van der Waals surface area contributed by atoms with Crippen LogP contribution in [0.5, 0.6) is 0 Å². The van der Waals surface area contributed by atoms with E-state index in [4.69, 9.17) is 10.2 Å². The summed E-state index contributed by atoms with van der Waals surface area (Å²) in [6, 6.07) is 9.55. The first-order chi connectivity index (χ1) is 11.6. The van der Waals surface area contributed by atoms with E-state index in [9.17, 15) is 0 Å². The van der Waals surface area contributed by atoms with Crippen molar-refractivity contribution in [2.24, 2.45) is 0 Å². The highest BCUT2D eigenvalue weighted by atomic mass is 16.3. The minimum Gasteiger partial charge on any atom is -0.460 e. The number of nitrogens with two attached hydrogens (primary N) is 1. The standard InChI is InChI=1S/C17H14N6O/c1-9-3-6-14(24-9)16-15(22-23-17(18)21-16)11-4-5-13-12(7-11)10(2)19-8-20-13/h3-8H,1-2H3,(H2,18,21,23). The second kappa shape index (κ2) is 5.38. The van der Waals surface area contributed by atoms with Gasteiger partial charge in [-0.2, -0.15) is 0 Å². The third kappa shape index (κ3) is 2.36. The molecule has 0 saturated carbocycles. The molecule has 1 aromatic carbocycles.